The van der Waals surface area contributed by atoms with E-state index >= 15 is 0 Å². The van der Waals surface area contributed by atoms with Crippen molar-refractivity contribution < 1.29 is 19.1 Å². The summed E-state index contributed by atoms with van der Waals surface area (Å²) in [5, 5.41) is 6.82. The lowest BCUT2D eigenvalue weighted by Gasteiger charge is -2.40. The zero-order valence-electron chi connectivity index (χ0n) is 25.9. The van der Waals surface area contributed by atoms with E-state index in [1.807, 2.05) is 9.80 Å². The summed E-state index contributed by atoms with van der Waals surface area (Å²) in [5.41, 5.74) is 0.216. The number of nitrogens with one attached hydrogen (secondary N) is 2. The molecule has 0 unspecified atom stereocenters. The summed E-state index contributed by atoms with van der Waals surface area (Å²) < 4.78 is 10.6. The molecule has 0 aliphatic carbocycles. The average Bonchev–Trinajstić information content (AvgIpc) is 3.37. The van der Waals surface area contributed by atoms with Gasteiger partial charge in [0.2, 0.25) is 5.91 Å². The first-order valence-corrected chi connectivity index (χ1v) is 14.5. The van der Waals surface area contributed by atoms with Gasteiger partial charge in [-0.25, -0.2) is 9.97 Å². The number of carbonyl (C=O) groups is 2. The quantitative estimate of drug-likeness (QED) is 0.341. The molecule has 236 valence electrons. The van der Waals surface area contributed by atoms with Gasteiger partial charge < -0.3 is 29.9 Å². The Hall–Kier alpha value is -1.72. The maximum absolute atomic E-state index is 14.2. The lowest BCUT2D eigenvalue weighted by atomic mass is 9.92. The number of aromatic nitrogens is 2. The van der Waals surface area contributed by atoms with Crippen molar-refractivity contribution in [2.45, 2.75) is 77.8 Å². The molecule has 2 N–H and O–H groups in total. The minimum Gasteiger partial charge on any atom is -0.385 e. The standard InChI is InChI=1S/C29H50N6O4.2ClH/c1-20(2)18-35(23-14-21(15-30-16-23)26(36)34-12-8-10-22(34)19-39-7)27(37)24-17-32-28(29(3,4)5)33-25(24)31-11-9-13-38-6;;/h17,20-23,30H,8-16,18-19H2,1-7H3,(H,31,32,33);2*1H/t21-,22+,23+;;/m1../s1. The third kappa shape index (κ3) is 10.2. The average molecular weight is 620 g/mol. The van der Waals surface area contributed by atoms with Crippen molar-refractivity contribution in [3.05, 3.63) is 17.6 Å². The largest absolute Gasteiger partial charge is 0.385 e. The highest BCUT2D eigenvalue weighted by atomic mass is 35.5. The van der Waals surface area contributed by atoms with Crippen LogP contribution in [0.5, 0.6) is 0 Å². The lowest BCUT2D eigenvalue weighted by molar-refractivity contribution is -0.138. The molecular weight excluding hydrogens is 567 g/mol. The van der Waals surface area contributed by atoms with E-state index in [0.29, 0.717) is 63.0 Å². The molecule has 12 heteroatoms. The fourth-order valence-corrected chi connectivity index (χ4v) is 5.47. The Bertz CT molecular complexity index is 962. The monoisotopic (exact) mass is 618 g/mol. The van der Waals surface area contributed by atoms with E-state index in [4.69, 9.17) is 14.5 Å². The van der Waals surface area contributed by atoms with Crippen molar-refractivity contribution >= 4 is 42.4 Å². The maximum atomic E-state index is 14.2. The van der Waals surface area contributed by atoms with Gasteiger partial charge in [-0.05, 0) is 31.6 Å². The van der Waals surface area contributed by atoms with Gasteiger partial charge in [-0.2, -0.15) is 0 Å². The fraction of sp³-hybridized carbons (Fsp3) is 0.793. The second kappa shape index (κ2) is 17.4. The Morgan fingerprint density at radius 2 is 1.93 bits per heavy atom. The lowest BCUT2D eigenvalue weighted by Crippen LogP contribution is -2.55. The molecule has 0 aromatic carbocycles. The van der Waals surface area contributed by atoms with Gasteiger partial charge in [-0.1, -0.05) is 34.6 Å². The third-order valence-electron chi connectivity index (χ3n) is 7.47. The smallest absolute Gasteiger partial charge is 0.259 e. The van der Waals surface area contributed by atoms with E-state index in [-0.39, 0.29) is 66.0 Å². The summed E-state index contributed by atoms with van der Waals surface area (Å²) in [7, 11) is 3.37. The minimum atomic E-state index is -0.251. The number of methoxy groups -OCH3 is 2. The summed E-state index contributed by atoms with van der Waals surface area (Å²) >= 11 is 0. The van der Waals surface area contributed by atoms with E-state index in [1.54, 1.807) is 20.4 Å². The van der Waals surface area contributed by atoms with Gasteiger partial charge in [0.15, 0.2) is 0 Å². The Morgan fingerprint density at radius 3 is 2.56 bits per heavy atom. The van der Waals surface area contributed by atoms with Gasteiger partial charge in [0, 0.05) is 71.2 Å². The van der Waals surface area contributed by atoms with Crippen LogP contribution in [-0.4, -0.2) is 104 Å². The number of hydrogen-bond donors (Lipinski definition) is 2. The molecule has 2 saturated heterocycles. The molecule has 10 nitrogen and oxygen atoms in total. The Balaban J connectivity index is 0.00000420. The third-order valence-corrected chi connectivity index (χ3v) is 7.47. The normalized spacial score (nSPS) is 20.8. The number of hydrogen-bond acceptors (Lipinski definition) is 8. The highest BCUT2D eigenvalue weighted by Gasteiger charge is 2.38. The van der Waals surface area contributed by atoms with Gasteiger partial charge in [-0.3, -0.25) is 9.59 Å². The molecule has 0 spiro atoms. The van der Waals surface area contributed by atoms with Crippen molar-refractivity contribution in [3.8, 4) is 0 Å². The molecule has 2 amide bonds. The molecule has 41 heavy (non-hydrogen) atoms. The highest BCUT2D eigenvalue weighted by molar-refractivity contribution is 5.98. The number of nitrogens with zero attached hydrogens (tertiary/aromatic N) is 4. The van der Waals surface area contributed by atoms with Crippen molar-refractivity contribution in [1.29, 1.82) is 0 Å². The summed E-state index contributed by atoms with van der Waals surface area (Å²) in [4.78, 5) is 41.0. The Morgan fingerprint density at radius 1 is 1.20 bits per heavy atom. The van der Waals surface area contributed by atoms with Crippen LogP contribution in [0.3, 0.4) is 0 Å². The molecule has 0 saturated carbocycles. The number of carbonyl (C=O) groups excluding carboxylic acids is 2. The molecule has 2 fully saturated rings. The number of anilines is 1. The van der Waals surface area contributed by atoms with E-state index in [1.165, 1.54) is 0 Å². The first kappa shape index (κ1) is 37.3. The molecule has 0 bridgehead atoms. The molecule has 3 atom stereocenters. The van der Waals surface area contributed by atoms with Gasteiger partial charge in [0.25, 0.3) is 5.91 Å². The SMILES string of the molecule is COCCCNc1nc(C(C)(C)C)ncc1C(=O)N(CC(C)C)[C@@H]1CNC[C@H](C(=O)N2CCC[C@H]2COC)C1.Cl.Cl. The predicted molar refractivity (Wildman–Crippen MR) is 167 cm³/mol. The number of ether oxygens (including phenoxy) is 2. The molecule has 2 aliphatic rings. The predicted octanol–water partition coefficient (Wildman–Crippen LogP) is 3.78. The van der Waals surface area contributed by atoms with E-state index in [0.717, 1.165) is 25.8 Å². The second-order valence-corrected chi connectivity index (χ2v) is 12.4. The minimum absolute atomic E-state index is 0. The number of likely N-dealkylation sites (tertiary alicyclic amines) is 1. The molecule has 3 heterocycles. The van der Waals surface area contributed by atoms with Crippen LogP contribution in [0.1, 0.15) is 76.5 Å². The first-order valence-electron chi connectivity index (χ1n) is 14.5. The van der Waals surface area contributed by atoms with Crippen LogP contribution in [-0.2, 0) is 19.7 Å². The fourth-order valence-electron chi connectivity index (χ4n) is 5.47. The van der Waals surface area contributed by atoms with E-state index in [9.17, 15) is 9.59 Å². The zero-order chi connectivity index (χ0) is 28.6. The summed E-state index contributed by atoms with van der Waals surface area (Å²) in [6, 6.07) is 0.0382. The van der Waals surface area contributed by atoms with Gasteiger partial charge in [0.1, 0.15) is 17.2 Å². The van der Waals surface area contributed by atoms with Crippen LogP contribution >= 0.6 is 24.8 Å². The van der Waals surface area contributed by atoms with Crippen molar-refractivity contribution in [2.24, 2.45) is 11.8 Å². The number of rotatable bonds is 12. The molecule has 1 aromatic rings. The maximum Gasteiger partial charge on any atom is 0.259 e. The summed E-state index contributed by atoms with van der Waals surface area (Å²) in [5.74, 6) is 1.40. The van der Waals surface area contributed by atoms with Gasteiger partial charge >= 0.3 is 0 Å². The Kier molecular flexibility index (Phi) is 15.8. The molecule has 2 aliphatic heterocycles. The van der Waals surface area contributed by atoms with Crippen LogP contribution < -0.4 is 10.6 Å². The molecular formula is C29H52Cl2N6O4. The van der Waals surface area contributed by atoms with E-state index in [2.05, 4.69) is 50.2 Å². The summed E-state index contributed by atoms with van der Waals surface area (Å²) in [6.45, 7) is 14.9. The van der Waals surface area contributed by atoms with Crippen molar-refractivity contribution in [2.75, 3.05) is 65.5 Å². The van der Waals surface area contributed by atoms with Crippen LogP contribution in [0.2, 0.25) is 0 Å². The van der Waals surface area contributed by atoms with Crippen LogP contribution in [0.25, 0.3) is 0 Å². The number of amides is 2. The second-order valence-electron chi connectivity index (χ2n) is 12.4. The Labute approximate surface area is 258 Å². The van der Waals surface area contributed by atoms with Crippen molar-refractivity contribution in [3.63, 3.8) is 0 Å². The van der Waals surface area contributed by atoms with Crippen LogP contribution in [0, 0.1) is 11.8 Å². The first-order chi connectivity index (χ1) is 18.6. The summed E-state index contributed by atoms with van der Waals surface area (Å²) in [6.07, 6.45) is 5.09. The molecule has 0 radical (unpaired) electrons. The topological polar surface area (TPSA) is 109 Å². The van der Waals surface area contributed by atoms with E-state index < -0.39 is 0 Å². The van der Waals surface area contributed by atoms with Gasteiger partial charge in [-0.15, -0.1) is 24.8 Å². The molecule has 1 aromatic heterocycles. The highest BCUT2D eigenvalue weighted by Crippen LogP contribution is 2.27. The van der Waals surface area contributed by atoms with Gasteiger partial charge in [0.05, 0.1) is 18.6 Å². The number of piperidine rings is 1. The number of halogens is 2. The van der Waals surface area contributed by atoms with Crippen LogP contribution in [0.15, 0.2) is 6.20 Å². The van der Waals surface area contributed by atoms with Crippen molar-refractivity contribution in [1.82, 2.24) is 25.1 Å². The zero-order valence-corrected chi connectivity index (χ0v) is 27.5. The molecule has 3 rings (SSSR count). The van der Waals surface area contributed by atoms with Crippen LogP contribution in [0.4, 0.5) is 5.82 Å².